The number of nitrogens with zero attached hydrogens (tertiary/aromatic N) is 4. The van der Waals surface area contributed by atoms with Crippen molar-refractivity contribution in [3.63, 3.8) is 0 Å². The third-order valence-electron chi connectivity index (χ3n) is 4.81. The number of carbonyl (C=O) groups excluding carboxylic acids is 3. The van der Waals surface area contributed by atoms with Gasteiger partial charge >= 0.3 is 18.0 Å². The molecule has 0 spiro atoms. The Morgan fingerprint density at radius 2 is 1.79 bits per heavy atom. The Morgan fingerprint density at radius 1 is 1.18 bits per heavy atom. The smallest absolute Gasteiger partial charge is 0.327 e. The van der Waals surface area contributed by atoms with Gasteiger partial charge in [-0.3, -0.25) is 9.79 Å². The lowest BCUT2D eigenvalue weighted by Crippen LogP contribution is -2.69. The van der Waals surface area contributed by atoms with Crippen LogP contribution in [0.15, 0.2) is 4.99 Å². The molecular formula is C16H27N7O5. The normalized spacial score (nSPS) is 21.8. The molecule has 2 atom stereocenters. The van der Waals surface area contributed by atoms with E-state index in [0.717, 1.165) is 4.90 Å². The summed E-state index contributed by atoms with van der Waals surface area (Å²) in [7, 11) is 0. The van der Waals surface area contributed by atoms with Crippen LogP contribution in [-0.4, -0.2) is 95.0 Å². The zero-order valence-electron chi connectivity index (χ0n) is 15.8. The average molecular weight is 397 g/mol. The van der Waals surface area contributed by atoms with Gasteiger partial charge in [-0.15, -0.1) is 0 Å². The van der Waals surface area contributed by atoms with Gasteiger partial charge in [-0.25, -0.2) is 19.3 Å². The largest absolute Gasteiger partial charge is 0.480 e. The van der Waals surface area contributed by atoms with E-state index >= 15 is 0 Å². The van der Waals surface area contributed by atoms with Gasteiger partial charge in [-0.2, -0.15) is 0 Å². The van der Waals surface area contributed by atoms with Crippen molar-refractivity contribution in [1.29, 1.82) is 0 Å². The Hall–Kier alpha value is -3.05. The number of nitrogens with one attached hydrogen (secondary N) is 1. The number of aliphatic carboxylic acids is 1. The minimum Gasteiger partial charge on any atom is -0.480 e. The Morgan fingerprint density at radius 3 is 2.32 bits per heavy atom. The summed E-state index contributed by atoms with van der Waals surface area (Å²) in [4.78, 5) is 56.1. The molecule has 12 nitrogen and oxygen atoms in total. The van der Waals surface area contributed by atoms with E-state index in [0.29, 0.717) is 26.1 Å². The van der Waals surface area contributed by atoms with Gasteiger partial charge in [0.1, 0.15) is 0 Å². The fourth-order valence-electron chi connectivity index (χ4n) is 3.36. The quantitative estimate of drug-likeness (QED) is 0.181. The number of rotatable bonds is 6. The second kappa shape index (κ2) is 9.24. The molecule has 2 aliphatic rings. The van der Waals surface area contributed by atoms with Crippen LogP contribution in [0.5, 0.6) is 0 Å². The van der Waals surface area contributed by atoms with E-state index < -0.39 is 29.9 Å². The predicted molar refractivity (Wildman–Crippen MR) is 99.3 cm³/mol. The second-order valence-electron chi connectivity index (χ2n) is 6.64. The molecule has 0 aromatic heterocycles. The van der Waals surface area contributed by atoms with Gasteiger partial charge in [0.2, 0.25) is 5.91 Å². The number of hydrogen-bond donors (Lipinski definition) is 4. The minimum atomic E-state index is -1.22. The van der Waals surface area contributed by atoms with Gasteiger partial charge in [0, 0.05) is 39.3 Å². The first-order valence-corrected chi connectivity index (χ1v) is 9.20. The van der Waals surface area contributed by atoms with E-state index in [1.54, 1.807) is 4.90 Å². The van der Waals surface area contributed by atoms with E-state index in [2.05, 4.69) is 10.3 Å². The highest BCUT2D eigenvalue weighted by Gasteiger charge is 2.55. The van der Waals surface area contributed by atoms with Crippen molar-refractivity contribution in [3.05, 3.63) is 0 Å². The number of carboxylic acid groups (broad SMARTS) is 1. The van der Waals surface area contributed by atoms with Crippen LogP contribution in [0.25, 0.3) is 0 Å². The van der Waals surface area contributed by atoms with Crippen LogP contribution >= 0.6 is 0 Å². The maximum atomic E-state index is 12.7. The van der Waals surface area contributed by atoms with E-state index in [-0.39, 0.29) is 38.0 Å². The van der Waals surface area contributed by atoms with Gasteiger partial charge in [0.25, 0.3) is 0 Å². The molecule has 2 aliphatic heterocycles. The molecule has 28 heavy (non-hydrogen) atoms. The lowest BCUT2D eigenvalue weighted by Gasteiger charge is -2.46. The number of amides is 5. The Balaban J connectivity index is 1.92. The number of carbonyl (C=O) groups is 4. The highest BCUT2D eigenvalue weighted by Crippen LogP contribution is 2.32. The number of β-lactam (4-membered cyclic amide) rings is 1. The summed E-state index contributed by atoms with van der Waals surface area (Å²) in [6, 6.07) is -2.03. The molecule has 156 valence electrons. The van der Waals surface area contributed by atoms with Crippen molar-refractivity contribution < 1.29 is 24.3 Å². The zero-order valence-corrected chi connectivity index (χ0v) is 15.8. The van der Waals surface area contributed by atoms with Gasteiger partial charge < -0.3 is 31.7 Å². The fourth-order valence-corrected chi connectivity index (χ4v) is 3.36. The third kappa shape index (κ3) is 4.61. The van der Waals surface area contributed by atoms with E-state index in [9.17, 15) is 24.3 Å². The van der Waals surface area contributed by atoms with Crippen LogP contribution in [-0.2, 0) is 9.59 Å². The standard InChI is InChI=1S/C16H27N7O5/c1-2-19-15(27)21-6-8-22(9-7-21)16(28)23-11(13(25)26)10(12(23)24)4-3-5-20-14(17)18/h10-11H,2-9H2,1H3,(H,19,27)(H,25,26)(H4,17,18,20). The molecule has 12 heteroatoms. The fraction of sp³-hybridized carbons (Fsp3) is 0.688. The molecule has 6 N–H and O–H groups in total. The van der Waals surface area contributed by atoms with Crippen molar-refractivity contribution in [2.75, 3.05) is 39.3 Å². The SMILES string of the molecule is CCNC(=O)N1CCN(C(=O)N2C(=O)C(CCCN=C(N)N)C2C(=O)O)CC1. The zero-order chi connectivity index (χ0) is 20.8. The molecule has 2 fully saturated rings. The van der Waals surface area contributed by atoms with Crippen LogP contribution in [0, 0.1) is 5.92 Å². The summed E-state index contributed by atoms with van der Waals surface area (Å²) >= 11 is 0. The molecule has 2 rings (SSSR count). The number of guanidine groups is 1. The topological polar surface area (TPSA) is 175 Å². The monoisotopic (exact) mass is 397 g/mol. The van der Waals surface area contributed by atoms with Crippen LogP contribution in [0.3, 0.4) is 0 Å². The van der Waals surface area contributed by atoms with E-state index in [4.69, 9.17) is 11.5 Å². The molecule has 0 aliphatic carbocycles. The Labute approximate surface area is 162 Å². The molecular weight excluding hydrogens is 370 g/mol. The van der Waals surface area contributed by atoms with Gasteiger partial charge in [0.05, 0.1) is 5.92 Å². The molecule has 2 heterocycles. The lowest BCUT2D eigenvalue weighted by atomic mass is 9.84. The molecule has 0 aromatic carbocycles. The molecule has 2 unspecified atom stereocenters. The lowest BCUT2D eigenvalue weighted by molar-refractivity contribution is -0.167. The molecule has 0 bridgehead atoms. The van der Waals surface area contributed by atoms with E-state index in [1.165, 1.54) is 4.90 Å². The Kier molecular flexibility index (Phi) is 7.01. The Bertz CT molecular complexity index is 656. The van der Waals surface area contributed by atoms with Crippen LogP contribution < -0.4 is 16.8 Å². The number of hydrogen-bond acceptors (Lipinski definition) is 5. The first kappa shape index (κ1) is 21.3. The average Bonchev–Trinajstić information content (AvgIpc) is 2.65. The summed E-state index contributed by atoms with van der Waals surface area (Å²) in [6.45, 7) is 3.72. The number of likely N-dealkylation sites (tertiary alicyclic amines) is 1. The summed E-state index contributed by atoms with van der Waals surface area (Å²) in [5, 5.41) is 12.2. The first-order valence-electron chi connectivity index (χ1n) is 9.20. The van der Waals surface area contributed by atoms with Gasteiger partial charge in [-0.1, -0.05) is 0 Å². The molecule has 0 aromatic rings. The molecule has 5 amide bonds. The number of urea groups is 2. The van der Waals surface area contributed by atoms with Gasteiger partial charge in [0.15, 0.2) is 12.0 Å². The molecule has 0 radical (unpaired) electrons. The highest BCUT2D eigenvalue weighted by molar-refractivity contribution is 6.07. The van der Waals surface area contributed by atoms with Crippen molar-refractivity contribution in [3.8, 4) is 0 Å². The number of imide groups is 1. The summed E-state index contributed by atoms with van der Waals surface area (Å²) in [6.07, 6.45) is 0.715. The maximum absolute atomic E-state index is 12.7. The summed E-state index contributed by atoms with van der Waals surface area (Å²) in [5.41, 5.74) is 10.5. The second-order valence-corrected chi connectivity index (χ2v) is 6.64. The highest BCUT2D eigenvalue weighted by atomic mass is 16.4. The van der Waals surface area contributed by atoms with Crippen molar-refractivity contribution in [2.45, 2.75) is 25.8 Å². The summed E-state index contributed by atoms with van der Waals surface area (Å²) in [5.74, 6) is -2.57. The molecule has 0 saturated carbocycles. The first-order chi connectivity index (χ1) is 13.3. The van der Waals surface area contributed by atoms with Crippen molar-refractivity contribution in [1.82, 2.24) is 20.0 Å². The minimum absolute atomic E-state index is 0.0710. The third-order valence-corrected chi connectivity index (χ3v) is 4.81. The van der Waals surface area contributed by atoms with Gasteiger partial charge in [-0.05, 0) is 19.8 Å². The summed E-state index contributed by atoms with van der Waals surface area (Å²) < 4.78 is 0. The van der Waals surface area contributed by atoms with Crippen LogP contribution in [0.4, 0.5) is 9.59 Å². The van der Waals surface area contributed by atoms with Crippen molar-refractivity contribution in [2.24, 2.45) is 22.4 Å². The van der Waals surface area contributed by atoms with E-state index in [1.807, 2.05) is 6.92 Å². The predicted octanol–water partition coefficient (Wildman–Crippen LogP) is -1.58. The maximum Gasteiger partial charge on any atom is 0.327 e. The van der Waals surface area contributed by atoms with Crippen LogP contribution in [0.1, 0.15) is 19.8 Å². The number of piperazine rings is 1. The number of aliphatic imine (C=N–C) groups is 1. The van der Waals surface area contributed by atoms with Crippen molar-refractivity contribution >= 4 is 29.9 Å². The molecule has 2 saturated heterocycles. The number of carboxylic acids is 1. The number of nitrogens with two attached hydrogens (primary N) is 2. The van der Waals surface area contributed by atoms with Crippen LogP contribution in [0.2, 0.25) is 0 Å².